The molecule has 3 rings (SSSR count). The summed E-state index contributed by atoms with van der Waals surface area (Å²) in [5, 5.41) is 12.5. The summed E-state index contributed by atoms with van der Waals surface area (Å²) in [5.74, 6) is 1.74. The van der Waals surface area contributed by atoms with E-state index in [4.69, 9.17) is 0 Å². The molecule has 0 spiro atoms. The first kappa shape index (κ1) is 12.0. The van der Waals surface area contributed by atoms with Gasteiger partial charge in [0.1, 0.15) is 6.04 Å². The van der Waals surface area contributed by atoms with Crippen molar-refractivity contribution in [1.82, 2.24) is 10.2 Å². The third-order valence-electron chi connectivity index (χ3n) is 3.76. The molecule has 94 valence electrons. The molecule has 4 heteroatoms. The Morgan fingerprint density at radius 2 is 2.33 bits per heavy atom. The summed E-state index contributed by atoms with van der Waals surface area (Å²) in [7, 11) is 0. The summed E-state index contributed by atoms with van der Waals surface area (Å²) >= 11 is 1.95. The van der Waals surface area contributed by atoms with Gasteiger partial charge in [-0.2, -0.15) is 5.26 Å². The van der Waals surface area contributed by atoms with E-state index in [2.05, 4.69) is 40.6 Å². The molecule has 0 radical (unpaired) electrons. The second-order valence-electron chi connectivity index (χ2n) is 4.89. The van der Waals surface area contributed by atoms with Gasteiger partial charge in [-0.25, -0.2) is 0 Å². The van der Waals surface area contributed by atoms with Gasteiger partial charge in [0.2, 0.25) is 0 Å². The van der Waals surface area contributed by atoms with Crippen LogP contribution in [0.15, 0.2) is 29.2 Å². The van der Waals surface area contributed by atoms with E-state index in [1.54, 1.807) is 0 Å². The van der Waals surface area contributed by atoms with Gasteiger partial charge in [-0.15, -0.1) is 11.8 Å². The number of hydrogen-bond donors (Lipinski definition) is 1. The summed E-state index contributed by atoms with van der Waals surface area (Å²) in [4.78, 5) is 3.76. The van der Waals surface area contributed by atoms with E-state index in [0.717, 1.165) is 31.9 Å². The second-order valence-corrected chi connectivity index (χ2v) is 5.95. The van der Waals surface area contributed by atoms with Gasteiger partial charge in [0, 0.05) is 42.7 Å². The Morgan fingerprint density at radius 1 is 1.44 bits per heavy atom. The molecule has 1 aromatic carbocycles. The predicted molar refractivity (Wildman–Crippen MR) is 73.8 cm³/mol. The van der Waals surface area contributed by atoms with Gasteiger partial charge < -0.3 is 5.32 Å². The topological polar surface area (TPSA) is 39.1 Å². The zero-order chi connectivity index (χ0) is 12.4. The molecule has 18 heavy (non-hydrogen) atoms. The first-order chi connectivity index (χ1) is 8.88. The SMILES string of the molecule is N#CC1CNCCN1CC1CSc2ccccc21. The average molecular weight is 259 g/mol. The Labute approximate surface area is 112 Å². The fraction of sp³-hybridized carbons (Fsp3) is 0.500. The lowest BCUT2D eigenvalue weighted by atomic mass is 9.99. The predicted octanol–water partition coefficient (Wildman–Crippen LogP) is 1.67. The summed E-state index contributed by atoms with van der Waals surface area (Å²) in [6.07, 6.45) is 0. The van der Waals surface area contributed by atoms with Crippen LogP contribution < -0.4 is 5.32 Å². The van der Waals surface area contributed by atoms with Crippen LogP contribution in [-0.4, -0.2) is 42.9 Å². The van der Waals surface area contributed by atoms with Crippen molar-refractivity contribution in [1.29, 1.82) is 5.26 Å². The van der Waals surface area contributed by atoms with Crippen LogP contribution in [0.5, 0.6) is 0 Å². The van der Waals surface area contributed by atoms with Crippen molar-refractivity contribution in [2.75, 3.05) is 31.9 Å². The van der Waals surface area contributed by atoms with Crippen LogP contribution in [0.4, 0.5) is 0 Å². The van der Waals surface area contributed by atoms with Gasteiger partial charge in [0.25, 0.3) is 0 Å². The van der Waals surface area contributed by atoms with E-state index in [-0.39, 0.29) is 6.04 Å². The molecular formula is C14H17N3S. The van der Waals surface area contributed by atoms with E-state index in [0.29, 0.717) is 5.92 Å². The number of nitrogens with one attached hydrogen (secondary N) is 1. The normalized spacial score (nSPS) is 27.7. The van der Waals surface area contributed by atoms with E-state index in [1.165, 1.54) is 10.5 Å². The molecular weight excluding hydrogens is 242 g/mol. The minimum Gasteiger partial charge on any atom is -0.313 e. The fourth-order valence-electron chi connectivity index (χ4n) is 2.76. The molecule has 1 saturated heterocycles. The van der Waals surface area contributed by atoms with Crippen LogP contribution in [0, 0.1) is 11.3 Å². The number of fused-ring (bicyclic) bond motifs is 1. The lowest BCUT2D eigenvalue weighted by molar-refractivity contribution is 0.189. The van der Waals surface area contributed by atoms with Gasteiger partial charge in [-0.05, 0) is 11.6 Å². The minimum absolute atomic E-state index is 0.0384. The Bertz CT molecular complexity index is 468. The van der Waals surface area contributed by atoms with E-state index in [1.807, 2.05) is 11.8 Å². The molecule has 0 aliphatic carbocycles. The number of benzene rings is 1. The maximum absolute atomic E-state index is 9.19. The van der Waals surface area contributed by atoms with Crippen molar-refractivity contribution in [2.45, 2.75) is 16.9 Å². The number of rotatable bonds is 2. The molecule has 1 aromatic rings. The lowest BCUT2D eigenvalue weighted by Crippen LogP contribution is -2.51. The Kier molecular flexibility index (Phi) is 3.55. The standard InChI is InChI=1S/C14H17N3S/c15-7-12-8-16-5-6-17(12)9-11-10-18-14-4-2-1-3-13(11)14/h1-4,11-12,16H,5-6,8-10H2. The van der Waals surface area contributed by atoms with Crippen LogP contribution in [0.25, 0.3) is 0 Å². The molecule has 1 fully saturated rings. The largest absolute Gasteiger partial charge is 0.313 e. The van der Waals surface area contributed by atoms with Crippen molar-refractivity contribution >= 4 is 11.8 Å². The van der Waals surface area contributed by atoms with Crippen LogP contribution in [0.2, 0.25) is 0 Å². The highest BCUT2D eigenvalue weighted by molar-refractivity contribution is 7.99. The first-order valence-electron chi connectivity index (χ1n) is 6.44. The highest BCUT2D eigenvalue weighted by Crippen LogP contribution is 2.39. The third-order valence-corrected chi connectivity index (χ3v) is 5.01. The number of nitriles is 1. The minimum atomic E-state index is 0.0384. The molecule has 0 amide bonds. The highest BCUT2D eigenvalue weighted by Gasteiger charge is 2.29. The van der Waals surface area contributed by atoms with Crippen molar-refractivity contribution in [3.05, 3.63) is 29.8 Å². The maximum Gasteiger partial charge on any atom is 0.110 e. The zero-order valence-electron chi connectivity index (χ0n) is 10.3. The van der Waals surface area contributed by atoms with Gasteiger partial charge in [-0.1, -0.05) is 18.2 Å². The zero-order valence-corrected chi connectivity index (χ0v) is 11.1. The third kappa shape index (κ3) is 2.26. The second kappa shape index (κ2) is 5.31. The molecule has 2 aliphatic heterocycles. The number of thioether (sulfide) groups is 1. The Balaban J connectivity index is 1.72. The average Bonchev–Trinajstić information content (AvgIpc) is 2.83. The van der Waals surface area contributed by atoms with Crippen LogP contribution >= 0.6 is 11.8 Å². The van der Waals surface area contributed by atoms with Gasteiger partial charge in [0.05, 0.1) is 6.07 Å². The quantitative estimate of drug-likeness (QED) is 0.877. The number of nitrogens with zero attached hydrogens (tertiary/aromatic N) is 2. The summed E-state index contributed by atoms with van der Waals surface area (Å²) < 4.78 is 0. The van der Waals surface area contributed by atoms with E-state index in [9.17, 15) is 5.26 Å². The smallest absolute Gasteiger partial charge is 0.110 e. The Hall–Kier alpha value is -1.02. The van der Waals surface area contributed by atoms with Crippen molar-refractivity contribution in [3.8, 4) is 6.07 Å². The fourth-order valence-corrected chi connectivity index (χ4v) is 4.00. The number of piperazine rings is 1. The van der Waals surface area contributed by atoms with Crippen molar-refractivity contribution in [3.63, 3.8) is 0 Å². The van der Waals surface area contributed by atoms with Crippen LogP contribution in [-0.2, 0) is 0 Å². The number of hydrogen-bond acceptors (Lipinski definition) is 4. The summed E-state index contributed by atoms with van der Waals surface area (Å²) in [5.41, 5.74) is 1.47. The lowest BCUT2D eigenvalue weighted by Gasteiger charge is -2.33. The van der Waals surface area contributed by atoms with E-state index >= 15 is 0 Å². The van der Waals surface area contributed by atoms with E-state index < -0.39 is 0 Å². The molecule has 2 aliphatic rings. The summed E-state index contributed by atoms with van der Waals surface area (Å²) in [6.45, 7) is 3.81. The van der Waals surface area contributed by atoms with Gasteiger partial charge >= 0.3 is 0 Å². The van der Waals surface area contributed by atoms with Crippen molar-refractivity contribution in [2.24, 2.45) is 0 Å². The molecule has 0 bridgehead atoms. The van der Waals surface area contributed by atoms with Crippen molar-refractivity contribution < 1.29 is 0 Å². The molecule has 1 N–H and O–H groups in total. The molecule has 2 heterocycles. The first-order valence-corrected chi connectivity index (χ1v) is 7.43. The monoisotopic (exact) mass is 259 g/mol. The molecule has 2 unspecified atom stereocenters. The Morgan fingerprint density at radius 3 is 3.22 bits per heavy atom. The van der Waals surface area contributed by atoms with Crippen LogP contribution in [0.1, 0.15) is 11.5 Å². The summed E-state index contributed by atoms with van der Waals surface area (Å²) in [6, 6.07) is 11.1. The molecule has 3 nitrogen and oxygen atoms in total. The van der Waals surface area contributed by atoms with Crippen LogP contribution in [0.3, 0.4) is 0 Å². The molecule has 0 aromatic heterocycles. The van der Waals surface area contributed by atoms with Gasteiger partial charge in [0.15, 0.2) is 0 Å². The highest BCUT2D eigenvalue weighted by atomic mass is 32.2. The molecule has 0 saturated carbocycles. The molecule has 2 atom stereocenters. The van der Waals surface area contributed by atoms with Gasteiger partial charge in [-0.3, -0.25) is 4.90 Å². The maximum atomic E-state index is 9.19.